The maximum atomic E-state index is 13.4. The summed E-state index contributed by atoms with van der Waals surface area (Å²) in [5.74, 6) is 0.784. The van der Waals surface area contributed by atoms with Crippen LogP contribution in [0.1, 0.15) is 0 Å². The van der Waals surface area contributed by atoms with E-state index in [0.29, 0.717) is 33.5 Å². The largest absolute Gasteiger partial charge is 0.324 e. The van der Waals surface area contributed by atoms with Gasteiger partial charge in [-0.15, -0.1) is 11.3 Å². The number of thiazole rings is 1. The summed E-state index contributed by atoms with van der Waals surface area (Å²) >= 11 is 7.92. The highest BCUT2D eigenvalue weighted by molar-refractivity contribution is 7.07. The number of anilines is 2. The Morgan fingerprint density at radius 3 is 2.64 bits per heavy atom. The lowest BCUT2D eigenvalue weighted by molar-refractivity contribution is 0.961. The monoisotopic (exact) mass is 471 g/mol. The van der Waals surface area contributed by atoms with Crippen LogP contribution in [-0.2, 0) is 0 Å². The Hall–Kier alpha value is -4.08. The van der Waals surface area contributed by atoms with Crippen molar-refractivity contribution in [1.29, 1.82) is 0 Å². The van der Waals surface area contributed by atoms with Gasteiger partial charge in [0, 0.05) is 35.2 Å². The lowest BCUT2D eigenvalue weighted by Gasteiger charge is -2.12. The fourth-order valence-electron chi connectivity index (χ4n) is 3.66. The third-order valence-electron chi connectivity index (χ3n) is 5.21. The first kappa shape index (κ1) is 19.6. The van der Waals surface area contributed by atoms with E-state index in [2.05, 4.69) is 25.3 Å². The van der Waals surface area contributed by atoms with Crippen LogP contribution in [-0.4, -0.2) is 28.9 Å². The molecule has 4 aromatic heterocycles. The molecule has 0 saturated heterocycles. The second-order valence-corrected chi connectivity index (χ2v) is 8.32. The highest BCUT2D eigenvalue weighted by Gasteiger charge is 2.17. The van der Waals surface area contributed by atoms with Gasteiger partial charge < -0.3 is 5.32 Å². The molecule has 0 unspecified atom stereocenters. The van der Waals surface area contributed by atoms with E-state index < -0.39 is 0 Å². The Morgan fingerprint density at radius 2 is 1.85 bits per heavy atom. The summed E-state index contributed by atoms with van der Waals surface area (Å²) in [7, 11) is 0. The van der Waals surface area contributed by atoms with Gasteiger partial charge in [0.25, 0.3) is 5.56 Å². The minimum Gasteiger partial charge on any atom is -0.324 e. The number of fused-ring (bicyclic) bond motifs is 3. The van der Waals surface area contributed by atoms with Crippen LogP contribution in [0.25, 0.3) is 33.8 Å². The summed E-state index contributed by atoms with van der Waals surface area (Å²) in [5.41, 5.74) is 5.29. The number of benzene rings is 2. The predicted octanol–water partition coefficient (Wildman–Crippen LogP) is 4.95. The number of rotatable bonds is 4. The fourth-order valence-corrected chi connectivity index (χ4v) is 4.45. The minimum absolute atomic E-state index is 0.295. The molecular formula is C23H14ClN7OS. The number of aromatic nitrogens is 6. The highest BCUT2D eigenvalue weighted by atomic mass is 35.5. The van der Waals surface area contributed by atoms with E-state index in [1.165, 1.54) is 10.8 Å². The Kier molecular flexibility index (Phi) is 4.63. The smallest absolute Gasteiger partial charge is 0.270 e. The summed E-state index contributed by atoms with van der Waals surface area (Å²) in [6.45, 7) is 0. The van der Waals surface area contributed by atoms with Crippen LogP contribution >= 0.6 is 22.9 Å². The highest BCUT2D eigenvalue weighted by Crippen LogP contribution is 2.24. The van der Waals surface area contributed by atoms with Crippen LogP contribution < -0.4 is 10.9 Å². The number of imidazole rings is 1. The van der Waals surface area contributed by atoms with Crippen molar-refractivity contribution in [3.8, 4) is 16.9 Å². The molecule has 160 valence electrons. The Labute approximate surface area is 195 Å². The van der Waals surface area contributed by atoms with Crippen molar-refractivity contribution in [3.05, 3.63) is 93.4 Å². The van der Waals surface area contributed by atoms with Crippen LogP contribution in [0, 0.1) is 0 Å². The third kappa shape index (κ3) is 3.34. The van der Waals surface area contributed by atoms with Gasteiger partial charge in [-0.2, -0.15) is 4.98 Å². The average Bonchev–Trinajstić information content (AvgIpc) is 3.54. The van der Waals surface area contributed by atoms with Gasteiger partial charge in [0.15, 0.2) is 5.65 Å². The summed E-state index contributed by atoms with van der Waals surface area (Å²) in [6, 6.07) is 15.0. The summed E-state index contributed by atoms with van der Waals surface area (Å²) in [5, 5.41) is 6.00. The molecule has 4 heterocycles. The van der Waals surface area contributed by atoms with E-state index in [-0.39, 0.29) is 5.56 Å². The maximum absolute atomic E-state index is 13.4. The molecule has 0 bridgehead atoms. The SMILES string of the molecule is O=c1c2cnc(Nc3ccc(-c4cscn4)cc3)nc2n2ccnc2n1-c1ccccc1Cl. The molecule has 0 aliphatic heterocycles. The molecule has 0 saturated carbocycles. The normalized spacial score (nSPS) is 11.3. The number of hydrogen-bond acceptors (Lipinski definition) is 7. The Balaban J connectivity index is 1.44. The molecule has 0 fully saturated rings. The van der Waals surface area contributed by atoms with Crippen molar-refractivity contribution < 1.29 is 0 Å². The van der Waals surface area contributed by atoms with Gasteiger partial charge in [-0.3, -0.25) is 9.20 Å². The molecule has 0 aliphatic carbocycles. The number of nitrogens with zero attached hydrogens (tertiary/aromatic N) is 6. The van der Waals surface area contributed by atoms with Crippen molar-refractivity contribution in [1.82, 2.24) is 28.9 Å². The molecule has 0 aliphatic rings. The number of nitrogens with one attached hydrogen (secondary N) is 1. The van der Waals surface area contributed by atoms with E-state index in [4.69, 9.17) is 11.6 Å². The first-order valence-electron chi connectivity index (χ1n) is 9.94. The number of halogens is 1. The zero-order valence-electron chi connectivity index (χ0n) is 16.9. The van der Waals surface area contributed by atoms with Crippen molar-refractivity contribution in [2.45, 2.75) is 0 Å². The van der Waals surface area contributed by atoms with Crippen LogP contribution in [0.2, 0.25) is 5.02 Å². The van der Waals surface area contributed by atoms with Crippen molar-refractivity contribution in [3.63, 3.8) is 0 Å². The third-order valence-corrected chi connectivity index (χ3v) is 6.12. The lowest BCUT2D eigenvalue weighted by Crippen LogP contribution is -2.22. The van der Waals surface area contributed by atoms with Gasteiger partial charge >= 0.3 is 0 Å². The van der Waals surface area contributed by atoms with Crippen LogP contribution in [0.15, 0.2) is 82.8 Å². The zero-order valence-corrected chi connectivity index (χ0v) is 18.5. The second kappa shape index (κ2) is 7.80. The van der Waals surface area contributed by atoms with E-state index in [0.717, 1.165) is 16.9 Å². The standard InChI is InChI=1S/C23H14ClN7OS/c24-17-3-1-2-4-19(17)31-21(32)16-11-26-22(29-20(16)30-10-9-25-23(30)31)28-15-7-5-14(6-8-15)18-12-33-13-27-18/h1-13H,(H,26,28,29). The van der Waals surface area contributed by atoms with Crippen LogP contribution in [0.3, 0.4) is 0 Å². The molecule has 0 amide bonds. The molecule has 6 rings (SSSR count). The van der Waals surface area contributed by atoms with Crippen molar-refractivity contribution in [2.24, 2.45) is 0 Å². The van der Waals surface area contributed by atoms with Gasteiger partial charge in [0.05, 0.1) is 21.9 Å². The molecule has 0 spiro atoms. The predicted molar refractivity (Wildman–Crippen MR) is 130 cm³/mol. The van der Waals surface area contributed by atoms with E-state index in [1.807, 2.05) is 41.8 Å². The molecule has 1 N–H and O–H groups in total. The number of hydrogen-bond donors (Lipinski definition) is 1. The first-order valence-corrected chi connectivity index (χ1v) is 11.3. The van der Waals surface area contributed by atoms with Crippen molar-refractivity contribution >= 4 is 51.4 Å². The van der Waals surface area contributed by atoms with Gasteiger partial charge in [-0.25, -0.2) is 19.5 Å². The topological polar surface area (TPSA) is 90.0 Å². The average molecular weight is 472 g/mol. The van der Waals surface area contributed by atoms with Gasteiger partial charge in [-0.1, -0.05) is 35.9 Å². The second-order valence-electron chi connectivity index (χ2n) is 7.20. The van der Waals surface area contributed by atoms with Gasteiger partial charge in [0.2, 0.25) is 11.7 Å². The Morgan fingerprint density at radius 1 is 1.00 bits per heavy atom. The van der Waals surface area contributed by atoms with Crippen molar-refractivity contribution in [2.75, 3.05) is 5.32 Å². The van der Waals surface area contributed by atoms with E-state index in [9.17, 15) is 4.79 Å². The lowest BCUT2D eigenvalue weighted by atomic mass is 10.1. The Bertz CT molecular complexity index is 1670. The molecule has 8 nitrogen and oxygen atoms in total. The van der Waals surface area contributed by atoms with Crippen LogP contribution in [0.5, 0.6) is 0 Å². The van der Waals surface area contributed by atoms with E-state index in [1.54, 1.807) is 45.8 Å². The van der Waals surface area contributed by atoms with Crippen LogP contribution in [0.4, 0.5) is 11.6 Å². The molecule has 6 aromatic rings. The minimum atomic E-state index is -0.295. The fraction of sp³-hybridized carbons (Fsp3) is 0. The zero-order chi connectivity index (χ0) is 22.4. The quantitative estimate of drug-likeness (QED) is 0.391. The van der Waals surface area contributed by atoms with Gasteiger partial charge in [-0.05, 0) is 24.3 Å². The molecular weight excluding hydrogens is 458 g/mol. The number of para-hydroxylation sites is 1. The molecule has 0 radical (unpaired) electrons. The summed E-state index contributed by atoms with van der Waals surface area (Å²) < 4.78 is 3.22. The molecule has 2 aromatic carbocycles. The molecule has 0 atom stereocenters. The summed E-state index contributed by atoms with van der Waals surface area (Å²) in [6.07, 6.45) is 4.89. The summed E-state index contributed by atoms with van der Waals surface area (Å²) in [4.78, 5) is 31.0. The molecule has 33 heavy (non-hydrogen) atoms. The maximum Gasteiger partial charge on any atom is 0.270 e. The molecule has 10 heteroatoms. The first-order chi connectivity index (χ1) is 16.2. The van der Waals surface area contributed by atoms with Gasteiger partial charge in [0.1, 0.15) is 5.39 Å². The van der Waals surface area contributed by atoms with E-state index >= 15 is 0 Å².